The topological polar surface area (TPSA) is 100 Å². The molecule has 1 fully saturated rings. The maximum absolute atomic E-state index is 14.2. The van der Waals surface area contributed by atoms with Crippen molar-refractivity contribution in [3.8, 4) is 0 Å². The van der Waals surface area contributed by atoms with Gasteiger partial charge in [0.05, 0.1) is 24.0 Å². The predicted molar refractivity (Wildman–Crippen MR) is 95.3 cm³/mol. The number of aliphatic hydroxyl groups excluding tert-OH is 1. The minimum absolute atomic E-state index is 0.0398. The van der Waals surface area contributed by atoms with Gasteiger partial charge in [0.1, 0.15) is 12.6 Å². The first kappa shape index (κ1) is 18.5. The van der Waals surface area contributed by atoms with Crippen molar-refractivity contribution in [3.63, 3.8) is 0 Å². The number of carbonyl (C=O) groups excluding carboxylic acids is 1. The minimum atomic E-state index is -0.905. The maximum atomic E-state index is 14.2. The molecule has 2 aromatic heterocycles. The predicted octanol–water partition coefficient (Wildman–Crippen LogP) is 2.65. The number of halogens is 2. The van der Waals surface area contributed by atoms with Crippen molar-refractivity contribution in [2.24, 2.45) is 0 Å². The largest absolute Gasteiger partial charge is 0.447 e. The summed E-state index contributed by atoms with van der Waals surface area (Å²) in [4.78, 5) is 25.3. The van der Waals surface area contributed by atoms with E-state index in [-0.39, 0.29) is 24.4 Å². The summed E-state index contributed by atoms with van der Waals surface area (Å²) in [7, 11) is 0. The van der Waals surface area contributed by atoms with Crippen molar-refractivity contribution >= 4 is 33.8 Å². The second-order valence-electron chi connectivity index (χ2n) is 5.89. The molecule has 0 aromatic carbocycles. The Labute approximate surface area is 157 Å². The molecule has 0 radical (unpaired) electrons. The van der Waals surface area contributed by atoms with E-state index in [0.29, 0.717) is 0 Å². The van der Waals surface area contributed by atoms with E-state index in [1.807, 2.05) is 19.1 Å². The molecule has 1 aliphatic rings. The van der Waals surface area contributed by atoms with Gasteiger partial charge in [-0.1, -0.05) is 0 Å². The van der Waals surface area contributed by atoms with E-state index >= 15 is 0 Å². The number of cyclic esters (lactones) is 1. The first-order valence-electron chi connectivity index (χ1n) is 7.91. The third kappa shape index (κ3) is 3.75. The van der Waals surface area contributed by atoms with E-state index in [9.17, 15) is 14.3 Å². The Morgan fingerprint density at radius 2 is 2.15 bits per heavy atom. The average molecular weight is 426 g/mol. The summed E-state index contributed by atoms with van der Waals surface area (Å²) in [6, 6.07) is 2.71. The Kier molecular flexibility index (Phi) is 5.33. The number of nitrogens with zero attached hydrogens (tertiary/aromatic N) is 4. The second kappa shape index (κ2) is 7.50. The summed E-state index contributed by atoms with van der Waals surface area (Å²) >= 11 is 3.32. The highest BCUT2D eigenvalue weighted by molar-refractivity contribution is 9.10. The van der Waals surface area contributed by atoms with Gasteiger partial charge < -0.3 is 15.2 Å². The molecule has 1 saturated heterocycles. The molecule has 8 nitrogen and oxygen atoms in total. The van der Waals surface area contributed by atoms with Gasteiger partial charge in [-0.3, -0.25) is 4.98 Å². The molecular weight excluding hydrogens is 409 g/mol. The number of ether oxygens (including phenoxy) is 1. The molecule has 0 spiro atoms. The number of hydrogen-bond donors (Lipinski definition) is 2. The van der Waals surface area contributed by atoms with Crippen molar-refractivity contribution in [3.05, 3.63) is 40.5 Å². The summed E-state index contributed by atoms with van der Waals surface area (Å²) in [6.45, 7) is 3.31. The summed E-state index contributed by atoms with van der Waals surface area (Å²) in [5, 5.41) is 12.8. The number of aliphatic hydroxyl groups is 1. The smallest absolute Gasteiger partial charge is 0.416 e. The van der Waals surface area contributed by atoms with Crippen LogP contribution in [0.3, 0.4) is 0 Å². The quantitative estimate of drug-likeness (QED) is 0.758. The van der Waals surface area contributed by atoms with E-state index in [1.54, 1.807) is 6.20 Å². The third-order valence-electron chi connectivity index (χ3n) is 3.96. The minimum Gasteiger partial charge on any atom is -0.447 e. The molecule has 1 amide bonds. The lowest BCUT2D eigenvalue weighted by molar-refractivity contribution is 0.142. The van der Waals surface area contributed by atoms with E-state index in [0.717, 1.165) is 21.3 Å². The fourth-order valence-electron chi connectivity index (χ4n) is 2.54. The highest BCUT2D eigenvalue weighted by Gasteiger charge is 2.39. The zero-order valence-corrected chi connectivity index (χ0v) is 15.6. The molecule has 0 saturated carbocycles. The number of rotatable bonds is 5. The lowest BCUT2D eigenvalue weighted by Crippen LogP contribution is -2.42. The third-order valence-corrected chi connectivity index (χ3v) is 4.43. The van der Waals surface area contributed by atoms with Crippen LogP contribution >= 0.6 is 15.9 Å². The van der Waals surface area contributed by atoms with Gasteiger partial charge in [-0.15, -0.1) is 0 Å². The zero-order chi connectivity index (χ0) is 18.8. The monoisotopic (exact) mass is 425 g/mol. The molecule has 2 N–H and O–H groups in total. The van der Waals surface area contributed by atoms with Gasteiger partial charge in [-0.2, -0.15) is 4.98 Å². The number of pyridine rings is 1. The van der Waals surface area contributed by atoms with Gasteiger partial charge in [0.2, 0.25) is 5.95 Å². The number of carbonyl (C=O) groups is 1. The Morgan fingerprint density at radius 1 is 1.38 bits per heavy atom. The van der Waals surface area contributed by atoms with Crippen LogP contribution in [0.4, 0.5) is 21.0 Å². The molecule has 10 heteroatoms. The molecule has 3 rings (SSSR count). The highest BCUT2D eigenvalue weighted by Crippen LogP contribution is 2.27. The van der Waals surface area contributed by atoms with E-state index in [1.165, 1.54) is 6.92 Å². The summed E-state index contributed by atoms with van der Waals surface area (Å²) in [6.07, 6.45) is 0.967. The molecule has 3 heterocycles. The van der Waals surface area contributed by atoms with Crippen LogP contribution in [-0.4, -0.2) is 44.9 Å². The Morgan fingerprint density at radius 3 is 2.81 bits per heavy atom. The number of nitrogens with one attached hydrogen (secondary N) is 1. The summed E-state index contributed by atoms with van der Waals surface area (Å²) in [5.41, 5.74) is 0.741. The van der Waals surface area contributed by atoms with Crippen LogP contribution in [0.15, 0.2) is 29.0 Å². The van der Waals surface area contributed by atoms with Crippen LogP contribution in [-0.2, 0) is 4.74 Å². The summed E-state index contributed by atoms with van der Waals surface area (Å²) < 4.78 is 20.0. The fourth-order valence-corrected chi connectivity index (χ4v) is 2.78. The van der Waals surface area contributed by atoms with Crippen molar-refractivity contribution in [1.29, 1.82) is 0 Å². The molecule has 0 aliphatic carbocycles. The maximum Gasteiger partial charge on any atom is 0.416 e. The van der Waals surface area contributed by atoms with Gasteiger partial charge in [0.15, 0.2) is 11.6 Å². The number of amides is 1. The van der Waals surface area contributed by atoms with Crippen LogP contribution in [0.25, 0.3) is 0 Å². The lowest BCUT2D eigenvalue weighted by atomic mass is 10.2. The Hall–Kier alpha value is -2.33. The molecular formula is C16H17BrFN5O3. The van der Waals surface area contributed by atoms with Crippen LogP contribution in [0.5, 0.6) is 0 Å². The number of aromatic nitrogens is 3. The van der Waals surface area contributed by atoms with Gasteiger partial charge in [-0.05, 0) is 41.9 Å². The standard InChI is InChI=1S/C16H17BrFN5O3/c1-8(12-4-3-10(17)5-19-12)21-15-20-6-11(18)14(22-15)23-13(9(2)24)7-26-16(23)25/h3-6,8-9,13,24H,7H2,1-2H3,(H,20,21,22)/t8-,9+,13?/m0/s1. The van der Waals surface area contributed by atoms with Gasteiger partial charge >= 0.3 is 6.09 Å². The molecule has 3 atom stereocenters. The molecule has 26 heavy (non-hydrogen) atoms. The van der Waals surface area contributed by atoms with Gasteiger partial charge in [0, 0.05) is 10.7 Å². The first-order valence-corrected chi connectivity index (χ1v) is 8.70. The molecule has 1 unspecified atom stereocenters. The second-order valence-corrected chi connectivity index (χ2v) is 6.80. The van der Waals surface area contributed by atoms with Gasteiger partial charge in [0.25, 0.3) is 0 Å². The molecule has 1 aliphatic heterocycles. The Balaban J connectivity index is 1.85. The van der Waals surface area contributed by atoms with E-state index < -0.39 is 24.1 Å². The normalized spacial score (nSPS) is 19.2. The van der Waals surface area contributed by atoms with Crippen molar-refractivity contribution in [2.45, 2.75) is 32.0 Å². The zero-order valence-electron chi connectivity index (χ0n) is 14.1. The van der Waals surface area contributed by atoms with Crippen molar-refractivity contribution < 1.29 is 19.0 Å². The number of anilines is 2. The van der Waals surface area contributed by atoms with E-state index in [4.69, 9.17) is 4.74 Å². The van der Waals surface area contributed by atoms with Gasteiger partial charge in [-0.25, -0.2) is 19.1 Å². The molecule has 2 aromatic rings. The SMILES string of the molecule is C[C@H](Nc1ncc(F)c(N2C(=O)OCC2[C@@H](C)O)n1)c1ccc(Br)cn1. The molecule has 0 bridgehead atoms. The lowest BCUT2D eigenvalue weighted by Gasteiger charge is -2.23. The average Bonchev–Trinajstić information content (AvgIpc) is 2.99. The fraction of sp³-hybridized carbons (Fsp3) is 0.375. The first-order chi connectivity index (χ1) is 12.4. The Bertz CT molecular complexity index is 805. The highest BCUT2D eigenvalue weighted by atomic mass is 79.9. The molecule has 138 valence electrons. The van der Waals surface area contributed by atoms with Crippen LogP contribution < -0.4 is 10.2 Å². The number of hydrogen-bond acceptors (Lipinski definition) is 7. The van der Waals surface area contributed by atoms with Crippen molar-refractivity contribution in [1.82, 2.24) is 15.0 Å². The van der Waals surface area contributed by atoms with Crippen LogP contribution in [0.2, 0.25) is 0 Å². The van der Waals surface area contributed by atoms with E-state index in [2.05, 4.69) is 36.2 Å². The summed E-state index contributed by atoms with van der Waals surface area (Å²) in [5.74, 6) is -0.899. The van der Waals surface area contributed by atoms with Crippen molar-refractivity contribution in [2.75, 3.05) is 16.8 Å². The van der Waals surface area contributed by atoms with Crippen LogP contribution in [0.1, 0.15) is 25.6 Å². The van der Waals surface area contributed by atoms with Crippen LogP contribution in [0, 0.1) is 5.82 Å².